The van der Waals surface area contributed by atoms with Crippen LogP contribution in [0.1, 0.15) is 12.0 Å². The van der Waals surface area contributed by atoms with Gasteiger partial charge < -0.3 is 0 Å². The van der Waals surface area contributed by atoms with Crippen molar-refractivity contribution >= 4 is 39.1 Å². The van der Waals surface area contributed by atoms with E-state index in [0.717, 1.165) is 0 Å². The van der Waals surface area contributed by atoms with Gasteiger partial charge in [-0.3, -0.25) is 0 Å². The Bertz CT molecular complexity index is 306. The normalized spacial score (nSPS) is 10.8. The Hall–Kier alpha value is 0.0700. The van der Waals surface area contributed by atoms with Crippen molar-refractivity contribution in [3.05, 3.63) is 26.4 Å². The summed E-state index contributed by atoms with van der Waals surface area (Å²) in [6.45, 7) is 0. The highest BCUT2D eigenvalue weighted by Gasteiger charge is 2.18. The molecule has 0 aliphatic rings. The molecule has 1 heterocycles. The molecule has 0 saturated carbocycles. The second kappa shape index (κ2) is 3.85. The molecule has 0 spiro atoms. The zero-order chi connectivity index (χ0) is 9.30. The van der Waals surface area contributed by atoms with E-state index in [1.54, 1.807) is 0 Å². The number of rotatable bonds is 1. The first-order valence-electron chi connectivity index (χ1n) is 2.81. The number of alkyl halides is 2. The molecule has 0 aliphatic heterocycles. The maximum Gasteiger partial charge on any atom is 0.267 e. The molecule has 0 N–H and O–H groups in total. The van der Waals surface area contributed by atoms with E-state index in [1.807, 2.05) is 0 Å². The molecular formula is C6H2BrCl2F2N. The lowest BCUT2D eigenvalue weighted by molar-refractivity contribution is 0.150. The first-order chi connectivity index (χ1) is 5.54. The van der Waals surface area contributed by atoms with Gasteiger partial charge in [0.05, 0.1) is 15.6 Å². The molecule has 1 aromatic heterocycles. The average Bonchev–Trinajstić information content (AvgIpc) is 1.97. The fraction of sp³-hybridized carbons (Fsp3) is 0.167. The average molecular weight is 277 g/mol. The number of hydrogen-bond donors (Lipinski definition) is 0. The molecule has 12 heavy (non-hydrogen) atoms. The Labute approximate surface area is 85.8 Å². The van der Waals surface area contributed by atoms with E-state index >= 15 is 0 Å². The Morgan fingerprint density at radius 3 is 2.42 bits per heavy atom. The Kier molecular flexibility index (Phi) is 3.26. The molecule has 0 unspecified atom stereocenters. The summed E-state index contributed by atoms with van der Waals surface area (Å²) in [7, 11) is 0. The molecule has 0 aliphatic carbocycles. The maximum atomic E-state index is 12.3. The number of hydrogen-bond acceptors (Lipinski definition) is 1. The van der Waals surface area contributed by atoms with Crippen molar-refractivity contribution < 1.29 is 8.78 Å². The molecular weight excluding hydrogens is 275 g/mol. The molecule has 0 aromatic carbocycles. The van der Waals surface area contributed by atoms with Crippen LogP contribution in [0.4, 0.5) is 8.78 Å². The van der Waals surface area contributed by atoms with E-state index in [1.165, 1.54) is 6.20 Å². The highest BCUT2D eigenvalue weighted by Crippen LogP contribution is 2.36. The topological polar surface area (TPSA) is 12.9 Å². The lowest BCUT2D eigenvalue weighted by Crippen LogP contribution is -1.91. The maximum absolute atomic E-state index is 12.3. The summed E-state index contributed by atoms with van der Waals surface area (Å²) in [4.78, 5) is 3.58. The van der Waals surface area contributed by atoms with Crippen molar-refractivity contribution in [3.63, 3.8) is 0 Å². The molecule has 0 radical (unpaired) electrons. The lowest BCUT2D eigenvalue weighted by Gasteiger charge is -2.05. The van der Waals surface area contributed by atoms with Gasteiger partial charge in [0.25, 0.3) is 6.43 Å². The quantitative estimate of drug-likeness (QED) is 0.704. The van der Waals surface area contributed by atoms with Gasteiger partial charge in [0.1, 0.15) is 4.60 Å². The molecule has 0 fully saturated rings. The van der Waals surface area contributed by atoms with Crippen molar-refractivity contribution in [1.82, 2.24) is 4.98 Å². The van der Waals surface area contributed by atoms with Crippen LogP contribution in [0, 0.1) is 0 Å². The van der Waals surface area contributed by atoms with Crippen LogP contribution in [0.3, 0.4) is 0 Å². The third kappa shape index (κ3) is 1.87. The zero-order valence-electron chi connectivity index (χ0n) is 5.49. The minimum Gasteiger partial charge on any atom is -0.247 e. The van der Waals surface area contributed by atoms with E-state index in [4.69, 9.17) is 23.2 Å². The number of nitrogens with zero attached hydrogens (tertiary/aromatic N) is 1. The van der Waals surface area contributed by atoms with Gasteiger partial charge in [-0.1, -0.05) is 23.2 Å². The van der Waals surface area contributed by atoms with Crippen LogP contribution in [0.2, 0.25) is 10.0 Å². The van der Waals surface area contributed by atoms with Crippen molar-refractivity contribution in [2.24, 2.45) is 0 Å². The van der Waals surface area contributed by atoms with Crippen molar-refractivity contribution in [3.8, 4) is 0 Å². The van der Waals surface area contributed by atoms with Gasteiger partial charge in [-0.2, -0.15) is 0 Å². The van der Waals surface area contributed by atoms with Crippen LogP contribution in [0.25, 0.3) is 0 Å². The minimum atomic E-state index is -2.68. The Balaban J connectivity index is 3.33. The second-order valence-electron chi connectivity index (χ2n) is 1.93. The third-order valence-corrected chi connectivity index (χ3v) is 2.60. The van der Waals surface area contributed by atoms with E-state index in [-0.39, 0.29) is 20.2 Å². The summed E-state index contributed by atoms with van der Waals surface area (Å²) in [6.07, 6.45) is -1.47. The molecule has 1 nitrogen and oxygen atoms in total. The van der Waals surface area contributed by atoms with Gasteiger partial charge in [0.2, 0.25) is 0 Å². The fourth-order valence-corrected chi connectivity index (χ4v) is 1.60. The second-order valence-corrected chi connectivity index (χ2v) is 3.46. The molecule has 6 heteroatoms. The van der Waals surface area contributed by atoms with Crippen LogP contribution in [0.15, 0.2) is 10.8 Å². The summed E-state index contributed by atoms with van der Waals surface area (Å²) in [5.41, 5.74) is -0.371. The smallest absolute Gasteiger partial charge is 0.247 e. The molecule has 0 bridgehead atoms. The van der Waals surface area contributed by atoms with Gasteiger partial charge in [-0.05, 0) is 15.9 Å². The van der Waals surface area contributed by atoms with Crippen LogP contribution in [-0.2, 0) is 0 Å². The van der Waals surface area contributed by atoms with Crippen LogP contribution >= 0.6 is 39.1 Å². The molecule has 0 amide bonds. The summed E-state index contributed by atoms with van der Waals surface area (Å²) in [6, 6.07) is 0. The van der Waals surface area contributed by atoms with Gasteiger partial charge in [-0.25, -0.2) is 13.8 Å². The van der Waals surface area contributed by atoms with Crippen LogP contribution in [-0.4, -0.2) is 4.98 Å². The first-order valence-corrected chi connectivity index (χ1v) is 4.36. The summed E-state index contributed by atoms with van der Waals surface area (Å²) in [5.74, 6) is 0. The van der Waals surface area contributed by atoms with Crippen LogP contribution < -0.4 is 0 Å². The van der Waals surface area contributed by atoms with Crippen molar-refractivity contribution in [1.29, 1.82) is 0 Å². The molecule has 0 atom stereocenters. The summed E-state index contributed by atoms with van der Waals surface area (Å²) >= 11 is 13.8. The van der Waals surface area contributed by atoms with Gasteiger partial charge in [0, 0.05) is 6.20 Å². The SMILES string of the molecule is FC(F)c1c(Br)ncc(Cl)c1Cl. The van der Waals surface area contributed by atoms with E-state index in [9.17, 15) is 8.78 Å². The number of aromatic nitrogens is 1. The van der Waals surface area contributed by atoms with Crippen molar-refractivity contribution in [2.75, 3.05) is 0 Å². The monoisotopic (exact) mass is 275 g/mol. The predicted molar refractivity (Wildman–Crippen MR) is 46.9 cm³/mol. The van der Waals surface area contributed by atoms with E-state index in [0.29, 0.717) is 0 Å². The minimum absolute atomic E-state index is 0.0203. The summed E-state index contributed by atoms with van der Waals surface area (Å²) in [5, 5.41) is -0.135. The Morgan fingerprint density at radius 2 is 2.00 bits per heavy atom. The molecule has 1 rings (SSSR count). The standard InChI is InChI=1S/C6H2BrCl2F2N/c7-5-3(6(10)11)4(9)2(8)1-12-5/h1,6H. The number of pyridine rings is 1. The third-order valence-electron chi connectivity index (χ3n) is 1.18. The van der Waals surface area contributed by atoms with E-state index in [2.05, 4.69) is 20.9 Å². The van der Waals surface area contributed by atoms with Gasteiger partial charge in [-0.15, -0.1) is 0 Å². The van der Waals surface area contributed by atoms with Gasteiger partial charge in [0.15, 0.2) is 0 Å². The highest BCUT2D eigenvalue weighted by molar-refractivity contribution is 9.10. The summed E-state index contributed by atoms with van der Waals surface area (Å²) < 4.78 is 24.5. The van der Waals surface area contributed by atoms with Crippen LogP contribution in [0.5, 0.6) is 0 Å². The molecule has 66 valence electrons. The van der Waals surface area contributed by atoms with Crippen molar-refractivity contribution in [2.45, 2.75) is 6.43 Å². The van der Waals surface area contributed by atoms with Gasteiger partial charge >= 0.3 is 0 Å². The molecule has 0 saturated heterocycles. The Morgan fingerprint density at radius 1 is 1.42 bits per heavy atom. The lowest BCUT2D eigenvalue weighted by atomic mass is 10.3. The zero-order valence-corrected chi connectivity index (χ0v) is 8.59. The highest BCUT2D eigenvalue weighted by atomic mass is 79.9. The fourth-order valence-electron chi connectivity index (χ4n) is 0.645. The largest absolute Gasteiger partial charge is 0.267 e. The predicted octanol–water partition coefficient (Wildman–Crippen LogP) is 4.09. The first kappa shape index (κ1) is 10.2. The molecule has 1 aromatic rings. The van der Waals surface area contributed by atoms with E-state index < -0.39 is 6.43 Å². The number of halogens is 5.